The highest BCUT2D eigenvalue weighted by Crippen LogP contribution is 2.28. The molecule has 1 aromatic heterocycles. The third-order valence-electron chi connectivity index (χ3n) is 6.02. The van der Waals surface area contributed by atoms with Crippen molar-refractivity contribution in [2.45, 2.75) is 38.7 Å². The standard InChI is InChI=1S/C23H31F3N4O5S2/c1-15-10-30(12-21-27-7-8-36-21)16(2)13-35-19-6-5-17(28-37(32,33)14-23(24,25)26)9-18(19)22(31)29(3)11-20(15)34-4/h5-9,15-16,20,28H,10-14H2,1-4H3/t15-,16-,20+/m1/s1. The number of fused-ring (bicyclic) bond motifs is 1. The molecule has 3 rings (SSSR count). The van der Waals surface area contributed by atoms with Gasteiger partial charge in [0.25, 0.3) is 5.91 Å². The molecule has 1 amide bonds. The van der Waals surface area contributed by atoms with Gasteiger partial charge in [-0.05, 0) is 31.0 Å². The summed E-state index contributed by atoms with van der Waals surface area (Å²) in [6, 6.07) is 3.75. The molecule has 0 unspecified atom stereocenters. The van der Waals surface area contributed by atoms with Crippen LogP contribution in [0.15, 0.2) is 29.8 Å². The summed E-state index contributed by atoms with van der Waals surface area (Å²) in [5, 5.41) is 2.86. The van der Waals surface area contributed by atoms with Crippen molar-refractivity contribution in [1.29, 1.82) is 0 Å². The van der Waals surface area contributed by atoms with Gasteiger partial charge >= 0.3 is 6.18 Å². The van der Waals surface area contributed by atoms with Crippen molar-refractivity contribution in [2.24, 2.45) is 5.92 Å². The molecule has 0 bridgehead atoms. The molecule has 37 heavy (non-hydrogen) atoms. The number of carbonyl (C=O) groups excluding carboxylic acids is 1. The Balaban J connectivity index is 1.93. The summed E-state index contributed by atoms with van der Waals surface area (Å²) in [6.45, 7) is 5.73. The van der Waals surface area contributed by atoms with Gasteiger partial charge in [-0.1, -0.05) is 6.92 Å². The van der Waals surface area contributed by atoms with Crippen molar-refractivity contribution >= 4 is 33.0 Å². The number of hydrogen-bond acceptors (Lipinski definition) is 8. The van der Waals surface area contributed by atoms with E-state index in [2.05, 4.69) is 9.88 Å². The Morgan fingerprint density at radius 1 is 1.27 bits per heavy atom. The van der Waals surface area contributed by atoms with Gasteiger partial charge in [-0.25, -0.2) is 13.4 Å². The first-order chi connectivity index (χ1) is 17.3. The predicted octanol–water partition coefficient (Wildman–Crippen LogP) is 3.45. The molecule has 0 saturated heterocycles. The normalized spacial score (nSPS) is 22.5. The molecule has 0 fully saturated rings. The number of alkyl halides is 3. The second-order valence-electron chi connectivity index (χ2n) is 9.14. The number of likely N-dealkylation sites (N-methyl/N-ethyl adjacent to an activating group) is 1. The van der Waals surface area contributed by atoms with Gasteiger partial charge < -0.3 is 14.4 Å². The Bertz CT molecular complexity index is 1160. The number of rotatable bonds is 6. The average molecular weight is 565 g/mol. The number of thiazole rings is 1. The summed E-state index contributed by atoms with van der Waals surface area (Å²) in [5.41, 5.74) is -0.146. The number of amides is 1. The van der Waals surface area contributed by atoms with Crippen LogP contribution in [0, 0.1) is 5.92 Å². The summed E-state index contributed by atoms with van der Waals surface area (Å²) in [5.74, 6) is -2.29. The van der Waals surface area contributed by atoms with Gasteiger partial charge in [0.2, 0.25) is 10.0 Å². The number of ether oxygens (including phenoxy) is 2. The molecule has 1 aliphatic rings. The van der Waals surface area contributed by atoms with E-state index in [1.807, 2.05) is 23.9 Å². The van der Waals surface area contributed by atoms with Crippen LogP contribution in [0.2, 0.25) is 0 Å². The van der Waals surface area contributed by atoms with Gasteiger partial charge in [0.15, 0.2) is 5.75 Å². The number of nitrogens with one attached hydrogen (secondary N) is 1. The highest BCUT2D eigenvalue weighted by molar-refractivity contribution is 7.92. The Morgan fingerprint density at radius 3 is 2.62 bits per heavy atom. The molecule has 1 aliphatic heterocycles. The Morgan fingerprint density at radius 2 is 2.00 bits per heavy atom. The molecule has 3 atom stereocenters. The van der Waals surface area contributed by atoms with Crippen LogP contribution >= 0.6 is 11.3 Å². The quantitative estimate of drug-likeness (QED) is 0.574. The number of carbonyl (C=O) groups is 1. The second kappa shape index (κ2) is 12.0. The van der Waals surface area contributed by atoms with Crippen molar-refractivity contribution < 1.29 is 35.9 Å². The number of hydrogen-bond donors (Lipinski definition) is 1. The van der Waals surface area contributed by atoms with Gasteiger partial charge in [-0.3, -0.25) is 14.4 Å². The van der Waals surface area contributed by atoms with E-state index in [1.165, 1.54) is 23.1 Å². The Kier molecular flexibility index (Phi) is 9.42. The zero-order chi connectivity index (χ0) is 27.4. The van der Waals surface area contributed by atoms with E-state index in [9.17, 15) is 26.4 Å². The van der Waals surface area contributed by atoms with Gasteiger partial charge in [0, 0.05) is 50.6 Å². The monoisotopic (exact) mass is 564 g/mol. The maximum atomic E-state index is 13.3. The maximum absolute atomic E-state index is 13.3. The summed E-state index contributed by atoms with van der Waals surface area (Å²) in [7, 11) is -1.57. The first-order valence-corrected chi connectivity index (χ1v) is 14.1. The largest absolute Gasteiger partial charge is 0.491 e. The van der Waals surface area contributed by atoms with E-state index in [1.54, 1.807) is 31.7 Å². The summed E-state index contributed by atoms with van der Waals surface area (Å²) in [6.07, 6.45) is -3.47. The Labute approximate surface area is 218 Å². The summed E-state index contributed by atoms with van der Waals surface area (Å²) in [4.78, 5) is 21.4. The SMILES string of the molecule is CO[C@H]1CN(C)C(=O)c2cc(NS(=O)(=O)CC(F)(F)F)ccc2OC[C@@H](C)N(Cc2nccs2)C[C@H]1C. The highest BCUT2D eigenvalue weighted by atomic mass is 32.2. The van der Waals surface area contributed by atoms with Crippen molar-refractivity contribution in [1.82, 2.24) is 14.8 Å². The first-order valence-electron chi connectivity index (χ1n) is 11.5. The molecule has 0 saturated carbocycles. The number of benzene rings is 1. The molecule has 0 spiro atoms. The van der Waals surface area contributed by atoms with E-state index in [0.717, 1.165) is 5.01 Å². The van der Waals surface area contributed by atoms with Crippen LogP contribution in [0.3, 0.4) is 0 Å². The zero-order valence-electron chi connectivity index (χ0n) is 21.0. The summed E-state index contributed by atoms with van der Waals surface area (Å²) >= 11 is 1.55. The number of methoxy groups -OCH3 is 1. The average Bonchev–Trinajstić information content (AvgIpc) is 3.31. The van der Waals surface area contributed by atoms with E-state index in [4.69, 9.17) is 9.47 Å². The molecular weight excluding hydrogens is 533 g/mol. The summed E-state index contributed by atoms with van der Waals surface area (Å²) < 4.78 is 75.6. The fraction of sp³-hybridized carbons (Fsp3) is 0.565. The van der Waals surface area contributed by atoms with Crippen molar-refractivity contribution in [3.8, 4) is 5.75 Å². The number of sulfonamides is 1. The molecule has 2 heterocycles. The molecule has 0 aliphatic carbocycles. The number of aromatic nitrogens is 1. The molecule has 14 heteroatoms. The van der Waals surface area contributed by atoms with Gasteiger partial charge in [-0.15, -0.1) is 11.3 Å². The van der Waals surface area contributed by atoms with Gasteiger partial charge in [0.05, 0.1) is 18.2 Å². The lowest BCUT2D eigenvalue weighted by atomic mass is 10.0. The molecule has 0 radical (unpaired) electrons. The minimum atomic E-state index is -4.91. The zero-order valence-corrected chi connectivity index (χ0v) is 22.6. The second-order valence-corrected chi connectivity index (χ2v) is 11.8. The molecular formula is C23H31F3N4O5S2. The van der Waals surface area contributed by atoms with Crippen LogP contribution < -0.4 is 9.46 Å². The van der Waals surface area contributed by atoms with Crippen LogP contribution in [0.5, 0.6) is 5.75 Å². The smallest absolute Gasteiger partial charge is 0.404 e. The van der Waals surface area contributed by atoms with Crippen molar-refractivity contribution in [3.05, 3.63) is 40.3 Å². The van der Waals surface area contributed by atoms with E-state index < -0.39 is 27.9 Å². The first kappa shape index (κ1) is 29.1. The molecule has 9 nitrogen and oxygen atoms in total. The molecule has 2 aromatic rings. The van der Waals surface area contributed by atoms with E-state index in [-0.39, 0.29) is 48.2 Å². The highest BCUT2D eigenvalue weighted by Gasteiger charge is 2.35. The number of nitrogens with zero attached hydrogens (tertiary/aromatic N) is 3. The molecule has 1 N–H and O–H groups in total. The topological polar surface area (TPSA) is 101 Å². The molecule has 1 aromatic carbocycles. The Hall–Kier alpha value is -2.42. The maximum Gasteiger partial charge on any atom is 0.404 e. The number of halogens is 3. The van der Waals surface area contributed by atoms with E-state index in [0.29, 0.717) is 13.1 Å². The van der Waals surface area contributed by atoms with Crippen LogP contribution in [-0.2, 0) is 21.3 Å². The minimum Gasteiger partial charge on any atom is -0.491 e. The third kappa shape index (κ3) is 8.28. The van der Waals surface area contributed by atoms with Crippen molar-refractivity contribution in [2.75, 3.05) is 44.3 Å². The lowest BCUT2D eigenvalue weighted by molar-refractivity contribution is -0.106. The van der Waals surface area contributed by atoms with Crippen molar-refractivity contribution in [3.63, 3.8) is 0 Å². The third-order valence-corrected chi connectivity index (χ3v) is 8.04. The lowest BCUT2D eigenvalue weighted by Crippen LogP contribution is -2.46. The van der Waals surface area contributed by atoms with Gasteiger partial charge in [-0.2, -0.15) is 13.2 Å². The van der Waals surface area contributed by atoms with Crippen LogP contribution in [0.4, 0.5) is 18.9 Å². The van der Waals surface area contributed by atoms with Crippen LogP contribution in [0.25, 0.3) is 0 Å². The molecule has 206 valence electrons. The van der Waals surface area contributed by atoms with Gasteiger partial charge in [0.1, 0.15) is 17.4 Å². The van der Waals surface area contributed by atoms with Crippen LogP contribution in [0.1, 0.15) is 29.2 Å². The fourth-order valence-electron chi connectivity index (χ4n) is 4.07. The minimum absolute atomic E-state index is 0.0245. The van der Waals surface area contributed by atoms with E-state index >= 15 is 0 Å². The van der Waals surface area contributed by atoms with Crippen LogP contribution in [-0.4, -0.2) is 87.0 Å². The fourth-order valence-corrected chi connectivity index (χ4v) is 5.70. The predicted molar refractivity (Wildman–Crippen MR) is 134 cm³/mol. The lowest BCUT2D eigenvalue weighted by Gasteiger charge is -2.35. The number of anilines is 1.